The van der Waals surface area contributed by atoms with E-state index in [1.54, 1.807) is 6.92 Å². The lowest BCUT2D eigenvalue weighted by molar-refractivity contribution is -0.237. The molecule has 0 N–H and O–H groups in total. The first-order chi connectivity index (χ1) is 17.1. The van der Waals surface area contributed by atoms with Gasteiger partial charge in [-0.2, -0.15) is 0 Å². The summed E-state index contributed by atoms with van der Waals surface area (Å²) in [5.74, 6) is -0.00202. The minimum atomic E-state index is -1.28. The highest BCUT2D eigenvalue weighted by molar-refractivity contribution is 7.80. The zero-order valence-corrected chi connectivity index (χ0v) is 24.8. The first-order valence-corrected chi connectivity index (χ1v) is 14.4. The fourth-order valence-electron chi connectivity index (χ4n) is 9.96. The molecule has 0 bridgehead atoms. The molecule has 0 aromatic carbocycles. The van der Waals surface area contributed by atoms with E-state index >= 15 is 0 Å². The lowest BCUT2D eigenvalue weighted by Crippen LogP contribution is -2.68. The maximum atomic E-state index is 14.3. The molecule has 4 saturated carbocycles. The van der Waals surface area contributed by atoms with E-state index < -0.39 is 11.4 Å². The van der Waals surface area contributed by atoms with Crippen molar-refractivity contribution < 1.29 is 28.6 Å². The van der Waals surface area contributed by atoms with Crippen LogP contribution in [0.1, 0.15) is 99.8 Å². The number of methoxy groups -OCH3 is 1. The summed E-state index contributed by atoms with van der Waals surface area (Å²) >= 11 is 5.11. The van der Waals surface area contributed by atoms with Crippen LogP contribution < -0.4 is 0 Å². The molecule has 37 heavy (non-hydrogen) atoms. The number of rotatable bonds is 4. The molecule has 0 spiro atoms. The van der Waals surface area contributed by atoms with E-state index in [-0.39, 0.29) is 52.0 Å². The van der Waals surface area contributed by atoms with Crippen molar-refractivity contribution in [1.82, 2.24) is 0 Å². The number of ketones is 1. The quantitative estimate of drug-likeness (QED) is 0.246. The smallest absolute Gasteiger partial charge is 0.322 e. The van der Waals surface area contributed by atoms with Crippen molar-refractivity contribution in [3.05, 3.63) is 0 Å². The molecule has 4 fully saturated rings. The number of carbonyl (C=O) groups is 3. The molecule has 4 aliphatic carbocycles. The fraction of sp³-hybridized carbons (Fsp3) is 0.867. The maximum Gasteiger partial charge on any atom is 0.322 e. The Labute approximate surface area is 227 Å². The number of Topliss-reactive ketones (excluding diaryl/α,β-unsaturated/α-hetero) is 1. The van der Waals surface area contributed by atoms with Crippen molar-refractivity contribution in [2.75, 3.05) is 13.7 Å². The van der Waals surface area contributed by atoms with Crippen molar-refractivity contribution in [1.29, 1.82) is 0 Å². The van der Waals surface area contributed by atoms with Gasteiger partial charge in [-0.05, 0) is 91.7 Å². The van der Waals surface area contributed by atoms with Crippen LogP contribution in [0.3, 0.4) is 0 Å². The van der Waals surface area contributed by atoms with Crippen LogP contribution in [0.2, 0.25) is 0 Å². The number of thiocarbonyl (C=S) groups is 1. The predicted molar refractivity (Wildman–Crippen MR) is 145 cm³/mol. The number of carbonyl (C=O) groups excluding carboxylic acids is 3. The maximum absolute atomic E-state index is 14.3. The zero-order chi connectivity index (χ0) is 27.6. The van der Waals surface area contributed by atoms with Crippen molar-refractivity contribution in [2.24, 2.45) is 44.8 Å². The molecule has 0 unspecified atom stereocenters. The summed E-state index contributed by atoms with van der Waals surface area (Å²) in [7, 11) is 1.35. The largest absolute Gasteiger partial charge is 0.486 e. The lowest BCUT2D eigenvalue weighted by Gasteiger charge is -2.71. The molecule has 7 heteroatoms. The second kappa shape index (κ2) is 9.31. The molecule has 0 aliphatic heterocycles. The van der Waals surface area contributed by atoms with Crippen LogP contribution in [0.15, 0.2) is 0 Å². The van der Waals surface area contributed by atoms with Gasteiger partial charge >= 0.3 is 11.9 Å². The Bertz CT molecular complexity index is 991. The molecular weight excluding hydrogens is 488 g/mol. The Balaban J connectivity index is 1.68. The molecule has 0 amide bonds. The van der Waals surface area contributed by atoms with E-state index in [1.165, 1.54) is 14.0 Å². The van der Waals surface area contributed by atoms with E-state index in [2.05, 4.69) is 34.6 Å². The van der Waals surface area contributed by atoms with Gasteiger partial charge in [-0.1, -0.05) is 34.6 Å². The van der Waals surface area contributed by atoms with Gasteiger partial charge in [0.1, 0.15) is 12.7 Å². The SMILES string of the molecule is COC(=O)[C@]1(COC(C)=S)CC[C@]2(C)[C@H](CC[C@@H]3[C@@]4(C)CC[C@H](OC(C)=O)C(C)(C)[C@@H]4CC[C@]32C)C1=O. The van der Waals surface area contributed by atoms with Gasteiger partial charge in [0.15, 0.2) is 16.2 Å². The standard InChI is InChI=1S/C30H46O6S/c1-18(31)36-23-12-13-27(5)21(26(23,3)4)11-14-29(7)22(27)10-9-20-24(32)30(25(33)34-8,17-35-19(2)37)16-15-28(20,29)6/h20-23H,9-17H2,1-8H3/t20-,21+,22-,23+,27+,28-,29-,30+/m1/s1. The van der Waals surface area contributed by atoms with Crippen LogP contribution in [0.5, 0.6) is 0 Å². The summed E-state index contributed by atoms with van der Waals surface area (Å²) in [6.07, 6.45) is 6.90. The number of fused-ring (bicyclic) bond motifs is 5. The van der Waals surface area contributed by atoms with E-state index in [0.717, 1.165) is 44.9 Å². The second-order valence-electron chi connectivity index (χ2n) is 13.8. The van der Waals surface area contributed by atoms with E-state index in [9.17, 15) is 14.4 Å². The zero-order valence-electron chi connectivity index (χ0n) is 24.0. The summed E-state index contributed by atoms with van der Waals surface area (Å²) in [6, 6.07) is 0. The van der Waals surface area contributed by atoms with Crippen LogP contribution in [0.4, 0.5) is 0 Å². The fourth-order valence-corrected chi connectivity index (χ4v) is 10.0. The Hall–Kier alpha value is -1.50. The molecule has 0 heterocycles. The van der Waals surface area contributed by atoms with Crippen LogP contribution in [-0.2, 0) is 28.6 Å². The Morgan fingerprint density at radius 3 is 2.16 bits per heavy atom. The molecule has 0 aromatic rings. The normalized spacial score (nSPS) is 44.5. The summed E-state index contributed by atoms with van der Waals surface area (Å²) in [5, 5.41) is 0.332. The molecule has 4 rings (SSSR count). The third kappa shape index (κ3) is 4.00. The number of esters is 2. The van der Waals surface area contributed by atoms with Gasteiger partial charge < -0.3 is 14.2 Å². The highest BCUT2D eigenvalue weighted by atomic mass is 32.1. The third-order valence-electron chi connectivity index (χ3n) is 12.1. The average Bonchev–Trinajstić information content (AvgIpc) is 2.81. The monoisotopic (exact) mass is 534 g/mol. The van der Waals surface area contributed by atoms with Crippen LogP contribution >= 0.6 is 12.2 Å². The summed E-state index contributed by atoms with van der Waals surface area (Å²) in [6.45, 7) is 14.9. The van der Waals surface area contributed by atoms with Gasteiger partial charge in [0.05, 0.1) is 7.11 Å². The van der Waals surface area contributed by atoms with Gasteiger partial charge in [-0.25, -0.2) is 0 Å². The minimum Gasteiger partial charge on any atom is -0.486 e. The van der Waals surface area contributed by atoms with E-state index in [4.69, 9.17) is 26.4 Å². The lowest BCUT2D eigenvalue weighted by atomic mass is 9.33. The molecule has 208 valence electrons. The van der Waals surface area contributed by atoms with Gasteiger partial charge in [-0.15, -0.1) is 0 Å². The number of hydrogen-bond acceptors (Lipinski definition) is 7. The average molecular weight is 535 g/mol. The van der Waals surface area contributed by atoms with Gasteiger partial charge in [-0.3, -0.25) is 14.4 Å². The second-order valence-corrected chi connectivity index (χ2v) is 14.4. The first-order valence-electron chi connectivity index (χ1n) is 14.0. The molecule has 4 aliphatic rings. The highest BCUT2D eigenvalue weighted by Crippen LogP contribution is 2.74. The molecule has 8 atom stereocenters. The van der Waals surface area contributed by atoms with E-state index in [0.29, 0.717) is 23.3 Å². The first kappa shape index (κ1) is 28.5. The summed E-state index contributed by atoms with van der Waals surface area (Å²) < 4.78 is 16.6. The third-order valence-corrected chi connectivity index (χ3v) is 12.2. The van der Waals surface area contributed by atoms with Crippen molar-refractivity contribution in [3.63, 3.8) is 0 Å². The molecule has 0 saturated heterocycles. The van der Waals surface area contributed by atoms with Crippen LogP contribution in [0.25, 0.3) is 0 Å². The van der Waals surface area contributed by atoms with Gasteiger partial charge in [0.25, 0.3) is 0 Å². The van der Waals surface area contributed by atoms with Crippen molar-refractivity contribution in [3.8, 4) is 0 Å². The van der Waals surface area contributed by atoms with Crippen molar-refractivity contribution in [2.45, 2.75) is 106 Å². The van der Waals surface area contributed by atoms with Crippen molar-refractivity contribution >= 4 is 35.0 Å². The number of hydrogen-bond donors (Lipinski definition) is 0. The van der Waals surface area contributed by atoms with Gasteiger partial charge in [0, 0.05) is 25.2 Å². The minimum absolute atomic E-state index is 0.0183. The molecule has 0 aromatic heterocycles. The Morgan fingerprint density at radius 1 is 0.892 bits per heavy atom. The molecule has 6 nitrogen and oxygen atoms in total. The predicted octanol–water partition coefficient (Wildman–Crippen LogP) is 6.08. The number of ether oxygens (including phenoxy) is 3. The van der Waals surface area contributed by atoms with Crippen LogP contribution in [-0.4, -0.2) is 42.6 Å². The van der Waals surface area contributed by atoms with Gasteiger partial charge in [0.2, 0.25) is 0 Å². The Morgan fingerprint density at radius 2 is 1.57 bits per heavy atom. The molecule has 0 radical (unpaired) electrons. The van der Waals surface area contributed by atoms with Crippen LogP contribution in [0, 0.1) is 44.8 Å². The van der Waals surface area contributed by atoms with E-state index in [1.807, 2.05) is 0 Å². The molecular formula is C30H46O6S. The summed E-state index contributed by atoms with van der Waals surface area (Å²) in [5.41, 5.74) is -1.51. The highest BCUT2D eigenvalue weighted by Gasteiger charge is 2.71. The summed E-state index contributed by atoms with van der Waals surface area (Å²) in [4.78, 5) is 39.2. The topological polar surface area (TPSA) is 78.9 Å². The Kier molecular flexibility index (Phi) is 7.17.